The third-order valence-electron chi connectivity index (χ3n) is 8.31. The molecule has 3 aliphatic rings. The molecule has 4 aromatic rings. The van der Waals surface area contributed by atoms with Gasteiger partial charge in [0.25, 0.3) is 0 Å². The Kier molecular flexibility index (Phi) is 6.38. The molecule has 39 heavy (non-hydrogen) atoms. The molecular weight excluding hydrogens is 495 g/mol. The molecule has 202 valence electrons. The van der Waals surface area contributed by atoms with E-state index in [1.54, 1.807) is 4.68 Å². The molecule has 0 aliphatic carbocycles. The zero-order valence-corrected chi connectivity index (χ0v) is 21.8. The molecule has 0 bridgehead atoms. The van der Waals surface area contributed by atoms with Crippen LogP contribution in [0.4, 0.5) is 10.2 Å². The number of fused-ring (bicyclic) bond motifs is 1. The highest BCUT2D eigenvalue weighted by Gasteiger charge is 2.40. The van der Waals surface area contributed by atoms with Crippen LogP contribution in [0.3, 0.4) is 0 Å². The van der Waals surface area contributed by atoms with E-state index in [2.05, 4.69) is 25.1 Å². The number of alkyl halides is 1. The minimum atomic E-state index is -1.04. The van der Waals surface area contributed by atoms with Crippen molar-refractivity contribution in [2.24, 2.45) is 5.92 Å². The van der Waals surface area contributed by atoms with Crippen molar-refractivity contribution >= 4 is 16.9 Å². The SMILES string of the molecule is Nc1ncnc2c1c(-c1ccc(Oc3ccccc3)cc1)nn2[C@@H]1CCN(C2CN(CC3CNC3)C2)C[C@@H]1F. The van der Waals surface area contributed by atoms with Gasteiger partial charge in [-0.3, -0.25) is 9.80 Å². The third kappa shape index (κ3) is 4.73. The lowest BCUT2D eigenvalue weighted by Crippen LogP contribution is -2.64. The minimum Gasteiger partial charge on any atom is -0.457 e. The Morgan fingerprint density at radius 2 is 1.74 bits per heavy atom. The molecule has 10 heteroatoms. The molecule has 2 aromatic carbocycles. The molecule has 3 saturated heterocycles. The molecule has 0 radical (unpaired) electrons. The van der Waals surface area contributed by atoms with Gasteiger partial charge in [0.2, 0.25) is 0 Å². The van der Waals surface area contributed by atoms with Crippen LogP contribution in [0, 0.1) is 5.92 Å². The molecule has 2 atom stereocenters. The maximum atomic E-state index is 15.8. The molecule has 0 saturated carbocycles. The second-order valence-corrected chi connectivity index (χ2v) is 11.0. The van der Waals surface area contributed by atoms with E-state index < -0.39 is 12.2 Å². The number of nitrogen functional groups attached to an aromatic ring is 1. The number of nitrogens with one attached hydrogen (secondary N) is 1. The van der Waals surface area contributed by atoms with Crippen molar-refractivity contribution in [1.82, 2.24) is 34.9 Å². The zero-order chi connectivity index (χ0) is 26.3. The number of halogens is 1. The first-order valence-corrected chi connectivity index (χ1v) is 13.8. The van der Waals surface area contributed by atoms with Gasteiger partial charge in [0.15, 0.2) is 5.65 Å². The van der Waals surface area contributed by atoms with Crippen LogP contribution in [0.1, 0.15) is 12.5 Å². The average Bonchev–Trinajstić information content (AvgIpc) is 3.29. The predicted molar refractivity (Wildman–Crippen MR) is 148 cm³/mol. The Morgan fingerprint density at radius 3 is 2.46 bits per heavy atom. The van der Waals surface area contributed by atoms with Gasteiger partial charge < -0.3 is 15.8 Å². The largest absolute Gasteiger partial charge is 0.457 e. The van der Waals surface area contributed by atoms with E-state index in [9.17, 15) is 0 Å². The number of para-hydroxylation sites is 1. The van der Waals surface area contributed by atoms with Crippen molar-refractivity contribution < 1.29 is 9.13 Å². The Morgan fingerprint density at radius 1 is 0.974 bits per heavy atom. The predicted octanol–water partition coefficient (Wildman–Crippen LogP) is 3.36. The molecule has 9 nitrogen and oxygen atoms in total. The van der Waals surface area contributed by atoms with Gasteiger partial charge in [-0.25, -0.2) is 19.0 Å². The van der Waals surface area contributed by atoms with Crippen LogP contribution in [-0.4, -0.2) is 87.6 Å². The number of piperidine rings is 1. The summed E-state index contributed by atoms with van der Waals surface area (Å²) in [5.41, 5.74) is 8.40. The molecule has 0 spiro atoms. The lowest BCUT2D eigenvalue weighted by atomic mass is 9.96. The Hall–Kier alpha value is -3.60. The molecule has 2 aromatic heterocycles. The molecule has 3 aliphatic heterocycles. The number of aromatic nitrogens is 4. The van der Waals surface area contributed by atoms with E-state index in [4.69, 9.17) is 15.6 Å². The summed E-state index contributed by atoms with van der Waals surface area (Å²) in [6.07, 6.45) is 1.06. The number of hydrogen-bond donors (Lipinski definition) is 2. The van der Waals surface area contributed by atoms with Crippen molar-refractivity contribution in [3.05, 3.63) is 60.9 Å². The first-order chi connectivity index (χ1) is 19.1. The van der Waals surface area contributed by atoms with Crippen LogP contribution in [0.2, 0.25) is 0 Å². The third-order valence-corrected chi connectivity index (χ3v) is 8.31. The van der Waals surface area contributed by atoms with Crippen LogP contribution in [-0.2, 0) is 0 Å². The van der Waals surface area contributed by atoms with Crippen LogP contribution in [0.5, 0.6) is 11.5 Å². The highest BCUT2D eigenvalue weighted by atomic mass is 19.1. The van der Waals surface area contributed by atoms with Crippen LogP contribution in [0.25, 0.3) is 22.3 Å². The van der Waals surface area contributed by atoms with Gasteiger partial charge in [0.1, 0.15) is 35.5 Å². The van der Waals surface area contributed by atoms with Crippen molar-refractivity contribution in [2.75, 3.05) is 51.5 Å². The normalized spacial score (nSPS) is 23.0. The second kappa shape index (κ2) is 10.2. The Bertz CT molecular complexity index is 1440. The van der Waals surface area contributed by atoms with Gasteiger partial charge in [-0.15, -0.1) is 0 Å². The second-order valence-electron chi connectivity index (χ2n) is 11.0. The fourth-order valence-corrected chi connectivity index (χ4v) is 6.02. The van der Waals surface area contributed by atoms with E-state index >= 15 is 4.39 Å². The van der Waals surface area contributed by atoms with Crippen LogP contribution < -0.4 is 15.8 Å². The Balaban J connectivity index is 1.09. The van der Waals surface area contributed by atoms with Gasteiger partial charge in [-0.2, -0.15) is 5.10 Å². The van der Waals surface area contributed by atoms with Gasteiger partial charge in [-0.05, 0) is 48.7 Å². The standard InChI is InChI=1S/C29H33FN8O/c30-24-17-37(21-15-36(16-21)14-19-12-32-13-19)11-10-25(24)38-29-26(28(31)33-18-34-29)27(35-38)20-6-8-23(9-7-20)39-22-4-2-1-3-5-22/h1-9,18-19,21,24-25,32H,10-17H2,(H2,31,33,34)/t24-,25+/m0/s1. The maximum Gasteiger partial charge on any atom is 0.164 e. The number of likely N-dealkylation sites (tertiary alicyclic amines) is 2. The summed E-state index contributed by atoms with van der Waals surface area (Å²) in [7, 11) is 0. The van der Waals surface area contributed by atoms with Gasteiger partial charge in [-0.1, -0.05) is 18.2 Å². The molecule has 3 fully saturated rings. The lowest BCUT2D eigenvalue weighted by molar-refractivity contribution is -0.0201. The molecule has 0 unspecified atom stereocenters. The van der Waals surface area contributed by atoms with Crippen LogP contribution in [0.15, 0.2) is 60.9 Å². The lowest BCUT2D eigenvalue weighted by Gasteiger charge is -2.49. The monoisotopic (exact) mass is 528 g/mol. The number of nitrogens with zero attached hydrogens (tertiary/aromatic N) is 6. The van der Waals surface area contributed by atoms with Crippen molar-refractivity contribution in [3.63, 3.8) is 0 Å². The molecular formula is C29H33FN8O. The van der Waals surface area contributed by atoms with E-state index in [-0.39, 0.29) is 0 Å². The molecule has 7 rings (SSSR count). The average molecular weight is 529 g/mol. The molecule has 3 N–H and O–H groups in total. The number of benzene rings is 2. The Labute approximate surface area is 226 Å². The summed E-state index contributed by atoms with van der Waals surface area (Å²) in [6.45, 7) is 6.74. The van der Waals surface area contributed by atoms with Crippen LogP contribution >= 0.6 is 0 Å². The zero-order valence-electron chi connectivity index (χ0n) is 21.8. The summed E-state index contributed by atoms with van der Waals surface area (Å²) in [5, 5.41) is 8.89. The van der Waals surface area contributed by atoms with Crippen molar-refractivity contribution in [1.29, 1.82) is 0 Å². The minimum absolute atomic E-state index is 0.343. The van der Waals surface area contributed by atoms with Crippen molar-refractivity contribution in [3.8, 4) is 22.8 Å². The van der Waals surface area contributed by atoms with Gasteiger partial charge in [0, 0.05) is 57.4 Å². The van der Waals surface area contributed by atoms with Gasteiger partial charge in [0.05, 0.1) is 11.4 Å². The van der Waals surface area contributed by atoms with Gasteiger partial charge >= 0.3 is 0 Å². The quantitative estimate of drug-likeness (QED) is 0.377. The highest BCUT2D eigenvalue weighted by molar-refractivity contribution is 5.98. The maximum absolute atomic E-state index is 15.8. The highest BCUT2D eigenvalue weighted by Crippen LogP contribution is 2.36. The molecule has 0 amide bonds. The fourth-order valence-electron chi connectivity index (χ4n) is 6.02. The summed E-state index contributed by atoms with van der Waals surface area (Å²) >= 11 is 0. The summed E-state index contributed by atoms with van der Waals surface area (Å²) in [4.78, 5) is 13.5. The first kappa shape index (κ1) is 24.4. The number of rotatable bonds is 7. The van der Waals surface area contributed by atoms with E-state index in [0.29, 0.717) is 47.3 Å². The van der Waals surface area contributed by atoms with E-state index in [1.165, 1.54) is 6.33 Å². The van der Waals surface area contributed by atoms with Crippen molar-refractivity contribution in [2.45, 2.75) is 24.7 Å². The smallest absolute Gasteiger partial charge is 0.164 e. The van der Waals surface area contributed by atoms with E-state index in [1.807, 2.05) is 54.6 Å². The summed E-state index contributed by atoms with van der Waals surface area (Å²) in [6, 6.07) is 17.4. The molecule has 5 heterocycles. The number of nitrogens with two attached hydrogens (primary N) is 1. The summed E-state index contributed by atoms with van der Waals surface area (Å²) < 4.78 is 23.4. The summed E-state index contributed by atoms with van der Waals surface area (Å²) in [5.74, 6) is 2.60. The fraction of sp³-hybridized carbons (Fsp3) is 0.414. The topological polar surface area (TPSA) is 97.4 Å². The first-order valence-electron chi connectivity index (χ1n) is 13.8. The number of ether oxygens (including phenoxy) is 1. The van der Waals surface area contributed by atoms with E-state index in [0.717, 1.165) is 56.5 Å². The number of anilines is 1. The number of hydrogen-bond acceptors (Lipinski definition) is 8.